The van der Waals surface area contributed by atoms with Crippen LogP contribution in [0.4, 0.5) is 5.69 Å². The van der Waals surface area contributed by atoms with Crippen LogP contribution < -0.4 is 9.64 Å². The van der Waals surface area contributed by atoms with Crippen LogP contribution in [-0.4, -0.2) is 87.1 Å². The van der Waals surface area contributed by atoms with Crippen LogP contribution in [0.3, 0.4) is 0 Å². The summed E-state index contributed by atoms with van der Waals surface area (Å²) in [4.78, 5) is 22.3. The molecule has 2 aromatic carbocycles. The Kier molecular flexibility index (Phi) is 9.05. The maximum Gasteiger partial charge on any atom is 0.225 e. The number of ether oxygens (including phenoxy) is 1. The summed E-state index contributed by atoms with van der Waals surface area (Å²) in [5.74, 6) is 1.45. The summed E-state index contributed by atoms with van der Waals surface area (Å²) >= 11 is 0. The topological polar surface area (TPSA) is 39.3 Å². The lowest BCUT2D eigenvalue weighted by Crippen LogP contribution is -2.51. The Hall–Kier alpha value is -2.57. The lowest BCUT2D eigenvalue weighted by molar-refractivity contribution is -0.138. The first kappa shape index (κ1) is 25.5. The average Bonchev–Trinajstić information content (AvgIpc) is 2.88. The lowest BCUT2D eigenvalue weighted by Gasteiger charge is -2.39. The minimum Gasteiger partial charge on any atom is -0.494 e. The van der Waals surface area contributed by atoms with E-state index in [0.29, 0.717) is 5.91 Å². The molecule has 2 heterocycles. The van der Waals surface area contributed by atoms with Gasteiger partial charge < -0.3 is 19.4 Å². The number of piperidine rings is 1. The SMILES string of the molecule is Cc1ccc(CN2CCN(C(=O)C3CCN(c4ccc(OCCCN(C)C)cc4)CC3)CC2)cc1. The first-order valence-electron chi connectivity index (χ1n) is 13.2. The first-order valence-corrected chi connectivity index (χ1v) is 13.2. The average molecular weight is 479 g/mol. The predicted octanol–water partition coefficient (Wildman–Crippen LogP) is 3.89. The fourth-order valence-corrected chi connectivity index (χ4v) is 5.04. The van der Waals surface area contributed by atoms with Crippen LogP contribution in [0, 0.1) is 12.8 Å². The van der Waals surface area contributed by atoms with E-state index in [1.165, 1.54) is 16.8 Å². The summed E-state index contributed by atoms with van der Waals surface area (Å²) in [5.41, 5.74) is 3.88. The number of hydrogen-bond acceptors (Lipinski definition) is 5. The van der Waals surface area contributed by atoms with Gasteiger partial charge in [0, 0.05) is 64.0 Å². The third-order valence-corrected chi connectivity index (χ3v) is 7.28. The van der Waals surface area contributed by atoms with E-state index in [2.05, 4.69) is 89.1 Å². The summed E-state index contributed by atoms with van der Waals surface area (Å²) in [7, 11) is 4.17. The van der Waals surface area contributed by atoms with E-state index in [9.17, 15) is 4.79 Å². The number of piperazine rings is 1. The molecule has 2 saturated heterocycles. The van der Waals surface area contributed by atoms with Crippen molar-refractivity contribution in [2.45, 2.75) is 32.7 Å². The number of rotatable bonds is 9. The highest BCUT2D eigenvalue weighted by molar-refractivity contribution is 5.79. The van der Waals surface area contributed by atoms with Gasteiger partial charge in [-0.1, -0.05) is 29.8 Å². The molecule has 0 saturated carbocycles. The van der Waals surface area contributed by atoms with Crippen LogP contribution in [0.5, 0.6) is 5.75 Å². The fraction of sp³-hybridized carbons (Fsp3) is 0.552. The maximum atomic E-state index is 13.2. The molecule has 0 radical (unpaired) electrons. The normalized spacial score (nSPS) is 17.7. The van der Waals surface area contributed by atoms with Gasteiger partial charge in [-0.2, -0.15) is 0 Å². The number of carbonyl (C=O) groups excluding carboxylic acids is 1. The summed E-state index contributed by atoms with van der Waals surface area (Å²) in [6.45, 7) is 10.4. The number of anilines is 1. The van der Waals surface area contributed by atoms with Gasteiger partial charge in [-0.05, 0) is 70.1 Å². The Balaban J connectivity index is 1.17. The number of amides is 1. The van der Waals surface area contributed by atoms with Crippen molar-refractivity contribution < 1.29 is 9.53 Å². The minimum absolute atomic E-state index is 0.161. The maximum absolute atomic E-state index is 13.2. The van der Waals surface area contributed by atoms with Crippen molar-refractivity contribution in [3.05, 3.63) is 59.7 Å². The Morgan fingerprint density at radius 3 is 2.20 bits per heavy atom. The van der Waals surface area contributed by atoms with Crippen molar-refractivity contribution in [3.8, 4) is 5.75 Å². The lowest BCUT2D eigenvalue weighted by atomic mass is 9.94. The van der Waals surface area contributed by atoms with Crippen molar-refractivity contribution in [1.29, 1.82) is 0 Å². The van der Waals surface area contributed by atoms with E-state index in [0.717, 1.165) is 84.0 Å². The molecule has 2 fully saturated rings. The van der Waals surface area contributed by atoms with E-state index in [-0.39, 0.29) is 5.92 Å². The Morgan fingerprint density at radius 1 is 0.914 bits per heavy atom. The molecule has 2 aliphatic heterocycles. The van der Waals surface area contributed by atoms with Crippen LogP contribution in [0.25, 0.3) is 0 Å². The van der Waals surface area contributed by atoms with Crippen molar-refractivity contribution in [3.63, 3.8) is 0 Å². The van der Waals surface area contributed by atoms with Gasteiger partial charge in [0.2, 0.25) is 5.91 Å². The molecule has 0 unspecified atom stereocenters. The van der Waals surface area contributed by atoms with Gasteiger partial charge >= 0.3 is 0 Å². The molecule has 4 rings (SSSR count). The van der Waals surface area contributed by atoms with Crippen molar-refractivity contribution in [2.24, 2.45) is 5.92 Å². The van der Waals surface area contributed by atoms with Crippen molar-refractivity contribution >= 4 is 11.6 Å². The molecule has 190 valence electrons. The summed E-state index contributed by atoms with van der Waals surface area (Å²) < 4.78 is 5.86. The van der Waals surface area contributed by atoms with Gasteiger partial charge in [0.05, 0.1) is 6.61 Å². The van der Waals surface area contributed by atoms with Crippen molar-refractivity contribution in [1.82, 2.24) is 14.7 Å². The quantitative estimate of drug-likeness (QED) is 0.512. The van der Waals surface area contributed by atoms with Crippen molar-refractivity contribution in [2.75, 3.05) is 71.4 Å². The van der Waals surface area contributed by atoms with Gasteiger partial charge in [0.1, 0.15) is 5.75 Å². The van der Waals surface area contributed by atoms with E-state index < -0.39 is 0 Å². The standard InChI is InChI=1S/C29H42N4O2/c1-24-5-7-25(8-6-24)23-31-18-20-33(21-19-31)29(34)26-13-16-32(17-14-26)27-9-11-28(12-10-27)35-22-4-15-30(2)3/h5-12,26H,4,13-23H2,1-3H3. The predicted molar refractivity (Wildman–Crippen MR) is 143 cm³/mol. The summed E-state index contributed by atoms with van der Waals surface area (Å²) in [5, 5.41) is 0. The Labute approximate surface area is 211 Å². The molecule has 0 bridgehead atoms. The summed E-state index contributed by atoms with van der Waals surface area (Å²) in [6.07, 6.45) is 2.90. The molecule has 0 aromatic heterocycles. The number of aryl methyl sites for hydroxylation is 1. The van der Waals surface area contributed by atoms with Crippen LogP contribution in [0.2, 0.25) is 0 Å². The zero-order chi connectivity index (χ0) is 24.6. The van der Waals surface area contributed by atoms with Crippen LogP contribution in [0.1, 0.15) is 30.4 Å². The molecule has 0 aliphatic carbocycles. The minimum atomic E-state index is 0.161. The molecular formula is C29H42N4O2. The first-order chi connectivity index (χ1) is 17.0. The number of carbonyl (C=O) groups is 1. The Bertz CT molecular complexity index is 913. The molecule has 35 heavy (non-hydrogen) atoms. The number of benzene rings is 2. The summed E-state index contributed by atoms with van der Waals surface area (Å²) in [6, 6.07) is 17.2. The third-order valence-electron chi connectivity index (χ3n) is 7.28. The highest BCUT2D eigenvalue weighted by Crippen LogP contribution is 2.27. The number of nitrogens with zero attached hydrogens (tertiary/aromatic N) is 4. The molecule has 2 aliphatic rings. The highest BCUT2D eigenvalue weighted by Gasteiger charge is 2.30. The number of hydrogen-bond donors (Lipinski definition) is 0. The molecule has 6 heteroatoms. The van der Waals surface area contributed by atoms with E-state index in [4.69, 9.17) is 4.74 Å². The third kappa shape index (κ3) is 7.45. The second-order valence-electron chi connectivity index (χ2n) is 10.3. The zero-order valence-electron chi connectivity index (χ0n) is 21.8. The highest BCUT2D eigenvalue weighted by atomic mass is 16.5. The largest absolute Gasteiger partial charge is 0.494 e. The van der Waals surface area contributed by atoms with Gasteiger partial charge in [0.15, 0.2) is 0 Å². The van der Waals surface area contributed by atoms with Gasteiger partial charge in [-0.25, -0.2) is 0 Å². The monoisotopic (exact) mass is 478 g/mol. The smallest absolute Gasteiger partial charge is 0.225 e. The molecule has 1 amide bonds. The van der Waals surface area contributed by atoms with E-state index >= 15 is 0 Å². The van der Waals surface area contributed by atoms with Gasteiger partial charge in [0.25, 0.3) is 0 Å². The van der Waals surface area contributed by atoms with Crippen LogP contribution >= 0.6 is 0 Å². The second-order valence-corrected chi connectivity index (χ2v) is 10.3. The molecule has 0 N–H and O–H groups in total. The molecule has 0 spiro atoms. The van der Waals surface area contributed by atoms with Crippen LogP contribution in [0.15, 0.2) is 48.5 Å². The second kappa shape index (κ2) is 12.4. The molecule has 2 aromatic rings. The Morgan fingerprint density at radius 2 is 1.57 bits per heavy atom. The van der Waals surface area contributed by atoms with E-state index in [1.54, 1.807) is 0 Å². The zero-order valence-corrected chi connectivity index (χ0v) is 21.8. The van der Waals surface area contributed by atoms with Crippen LogP contribution in [-0.2, 0) is 11.3 Å². The molecular weight excluding hydrogens is 436 g/mol. The molecule has 6 nitrogen and oxygen atoms in total. The van der Waals surface area contributed by atoms with Gasteiger partial charge in [-0.15, -0.1) is 0 Å². The van der Waals surface area contributed by atoms with E-state index in [1.807, 2.05) is 0 Å². The fourth-order valence-electron chi connectivity index (χ4n) is 5.04. The molecule has 0 atom stereocenters. The van der Waals surface area contributed by atoms with Gasteiger partial charge in [-0.3, -0.25) is 9.69 Å².